The second kappa shape index (κ2) is 13.4. The second-order valence-electron chi connectivity index (χ2n) is 3.70. The van der Waals surface area contributed by atoms with E-state index < -0.39 is 0 Å². The van der Waals surface area contributed by atoms with Gasteiger partial charge in [0.15, 0.2) is 0 Å². The van der Waals surface area contributed by atoms with Gasteiger partial charge < -0.3 is 14.1 Å². The van der Waals surface area contributed by atoms with Crippen molar-refractivity contribution in [3.8, 4) is 0 Å². The minimum atomic E-state index is -0.287. The summed E-state index contributed by atoms with van der Waals surface area (Å²) in [7, 11) is 2.56. The van der Waals surface area contributed by atoms with Gasteiger partial charge in [-0.05, 0) is 26.4 Å². The molecule has 17 heavy (non-hydrogen) atoms. The monoisotopic (exact) mass is 261 g/mol. The quantitative estimate of drug-likeness (QED) is 0.293. The van der Waals surface area contributed by atoms with Crippen molar-refractivity contribution in [1.82, 2.24) is 4.90 Å². The average Bonchev–Trinajstić information content (AvgIpc) is 2.30. The normalized spacial score (nSPS) is 9.71. The summed E-state index contributed by atoms with van der Waals surface area (Å²) >= 11 is 0. The van der Waals surface area contributed by atoms with Gasteiger partial charge in [0.2, 0.25) is 0 Å². The second-order valence-corrected chi connectivity index (χ2v) is 4.52. The molecular weight excluding hydrogens is 234 g/mol. The largest absolute Gasteiger partial charge is 0.462 e. The molecular formula is C12H27NO3Si. The lowest BCUT2D eigenvalue weighted by atomic mass is 10.3. The summed E-state index contributed by atoms with van der Waals surface area (Å²) in [6.45, 7) is 13.0. The fraction of sp³-hybridized carbons (Fsp3) is 0.750. The molecule has 0 aliphatic carbocycles. The van der Waals surface area contributed by atoms with Gasteiger partial charge in [0.25, 0.3) is 0 Å². The average molecular weight is 261 g/mol. The smallest absolute Gasteiger partial charge is 0.333 e. The van der Waals surface area contributed by atoms with Crippen molar-refractivity contribution in [1.29, 1.82) is 0 Å². The van der Waals surface area contributed by atoms with Crippen molar-refractivity contribution in [3.05, 3.63) is 12.2 Å². The summed E-state index contributed by atoms with van der Waals surface area (Å²) in [5, 5.41) is 0. The van der Waals surface area contributed by atoms with Crippen LogP contribution in [0.2, 0.25) is 0 Å². The highest BCUT2D eigenvalue weighted by Crippen LogP contribution is 1.95. The maximum atomic E-state index is 11.0. The molecule has 0 amide bonds. The fourth-order valence-electron chi connectivity index (χ4n) is 1.12. The highest BCUT2D eigenvalue weighted by atomic mass is 28.2. The van der Waals surface area contributed by atoms with Crippen LogP contribution in [0.25, 0.3) is 0 Å². The van der Waals surface area contributed by atoms with E-state index in [1.54, 1.807) is 14.0 Å². The van der Waals surface area contributed by atoms with Gasteiger partial charge in [-0.3, -0.25) is 0 Å². The van der Waals surface area contributed by atoms with Crippen molar-refractivity contribution >= 4 is 16.5 Å². The van der Waals surface area contributed by atoms with Crippen LogP contribution in [-0.2, 0) is 14.0 Å². The number of rotatable bonds is 7. The summed E-state index contributed by atoms with van der Waals surface area (Å²) in [6.07, 6.45) is 0.890. The summed E-state index contributed by atoms with van der Waals surface area (Å²) in [6, 6.07) is 0. The van der Waals surface area contributed by atoms with E-state index in [4.69, 9.17) is 4.74 Å². The third kappa shape index (κ3) is 13.3. The number of hydrogen-bond donors (Lipinski definition) is 0. The lowest BCUT2D eigenvalue weighted by molar-refractivity contribution is -0.139. The number of ether oxygens (including phenoxy) is 1. The molecule has 0 unspecified atom stereocenters. The Labute approximate surface area is 109 Å². The molecule has 0 rings (SSSR count). The molecule has 0 bridgehead atoms. The molecule has 0 aromatic carbocycles. The Morgan fingerprint density at radius 1 is 1.35 bits per heavy atom. The van der Waals surface area contributed by atoms with E-state index in [9.17, 15) is 4.79 Å². The van der Waals surface area contributed by atoms with Gasteiger partial charge in [-0.25, -0.2) is 4.79 Å². The molecule has 0 spiro atoms. The third-order valence-corrected chi connectivity index (χ3v) is 2.09. The van der Waals surface area contributed by atoms with Crippen molar-refractivity contribution in [2.45, 2.75) is 27.2 Å². The molecule has 0 radical (unpaired) electrons. The SMILES string of the molecule is C=C(C)C(=O)OCCCN(CC)CC.CO[SiH3]. The molecule has 0 N–H and O–H groups in total. The first kappa shape index (κ1) is 18.7. The Morgan fingerprint density at radius 2 is 1.82 bits per heavy atom. The molecule has 102 valence electrons. The molecule has 4 nitrogen and oxygen atoms in total. The van der Waals surface area contributed by atoms with Crippen LogP contribution in [0.5, 0.6) is 0 Å². The maximum Gasteiger partial charge on any atom is 0.333 e. The van der Waals surface area contributed by atoms with E-state index in [-0.39, 0.29) is 5.97 Å². The highest BCUT2D eigenvalue weighted by Gasteiger charge is 2.03. The van der Waals surface area contributed by atoms with Gasteiger partial charge in [0, 0.05) is 19.2 Å². The first-order valence-electron chi connectivity index (χ1n) is 5.98. The Kier molecular flexibility index (Phi) is 14.8. The Hall–Kier alpha value is -0.653. The van der Waals surface area contributed by atoms with Crippen LogP contribution >= 0.6 is 0 Å². The zero-order chi connectivity index (χ0) is 13.7. The van der Waals surface area contributed by atoms with Crippen molar-refractivity contribution < 1.29 is 14.0 Å². The number of hydrogen-bond acceptors (Lipinski definition) is 4. The van der Waals surface area contributed by atoms with Gasteiger partial charge >= 0.3 is 5.97 Å². The van der Waals surface area contributed by atoms with E-state index in [1.165, 1.54) is 0 Å². The van der Waals surface area contributed by atoms with E-state index in [0.717, 1.165) is 36.5 Å². The number of esters is 1. The van der Waals surface area contributed by atoms with Gasteiger partial charge in [-0.1, -0.05) is 20.4 Å². The number of nitrogens with zero attached hydrogens (tertiary/aromatic N) is 1. The van der Waals surface area contributed by atoms with E-state index >= 15 is 0 Å². The molecule has 0 aromatic heterocycles. The molecule has 0 aromatic rings. The van der Waals surface area contributed by atoms with Crippen molar-refractivity contribution in [2.75, 3.05) is 33.4 Å². The van der Waals surface area contributed by atoms with Crippen LogP contribution in [0.15, 0.2) is 12.2 Å². The van der Waals surface area contributed by atoms with Crippen LogP contribution in [0.1, 0.15) is 27.2 Å². The molecule has 0 fully saturated rings. The predicted molar refractivity (Wildman–Crippen MR) is 75.1 cm³/mol. The van der Waals surface area contributed by atoms with Crippen molar-refractivity contribution in [2.24, 2.45) is 0 Å². The highest BCUT2D eigenvalue weighted by molar-refractivity contribution is 5.97. The molecule has 0 heterocycles. The minimum absolute atomic E-state index is 0.287. The lowest BCUT2D eigenvalue weighted by Crippen LogP contribution is -2.25. The zero-order valence-electron chi connectivity index (χ0n) is 11.9. The summed E-state index contributed by atoms with van der Waals surface area (Å²) in [5.41, 5.74) is 0.466. The zero-order valence-corrected chi connectivity index (χ0v) is 13.9. The molecule has 0 aliphatic heterocycles. The molecule has 0 saturated heterocycles. The van der Waals surface area contributed by atoms with Crippen LogP contribution < -0.4 is 0 Å². The Morgan fingerprint density at radius 3 is 2.18 bits per heavy atom. The van der Waals surface area contributed by atoms with Gasteiger partial charge in [-0.15, -0.1) is 0 Å². The number of carbonyl (C=O) groups excluding carboxylic acids is 1. The van der Waals surface area contributed by atoms with Gasteiger partial charge in [0.05, 0.1) is 6.61 Å². The molecule has 0 aliphatic rings. The summed E-state index contributed by atoms with van der Waals surface area (Å²) < 4.78 is 9.37. The summed E-state index contributed by atoms with van der Waals surface area (Å²) in [5.74, 6) is -0.287. The van der Waals surface area contributed by atoms with Crippen molar-refractivity contribution in [3.63, 3.8) is 0 Å². The predicted octanol–water partition coefficient (Wildman–Crippen LogP) is 0.751. The van der Waals surface area contributed by atoms with Gasteiger partial charge in [-0.2, -0.15) is 0 Å². The van der Waals surface area contributed by atoms with E-state index in [1.807, 2.05) is 0 Å². The van der Waals surface area contributed by atoms with Crippen LogP contribution in [0, 0.1) is 0 Å². The summed E-state index contributed by atoms with van der Waals surface area (Å²) in [4.78, 5) is 13.3. The molecule has 5 heteroatoms. The van der Waals surface area contributed by atoms with E-state index in [2.05, 4.69) is 29.8 Å². The van der Waals surface area contributed by atoms with Crippen LogP contribution in [0.4, 0.5) is 0 Å². The topological polar surface area (TPSA) is 38.8 Å². The van der Waals surface area contributed by atoms with Crippen LogP contribution in [0.3, 0.4) is 0 Å². The maximum absolute atomic E-state index is 11.0. The first-order chi connectivity index (χ1) is 8.03. The Bertz CT molecular complexity index is 206. The fourth-order valence-corrected chi connectivity index (χ4v) is 1.12. The van der Waals surface area contributed by atoms with Crippen LogP contribution in [-0.4, -0.2) is 54.7 Å². The molecule has 0 saturated carbocycles. The third-order valence-electron chi connectivity index (χ3n) is 2.09. The Balaban J connectivity index is 0. The standard InChI is InChI=1S/C11H21NO2.CH6OSi/c1-5-12(6-2)8-7-9-14-11(13)10(3)4;1-2-3/h3,5-9H2,1-2,4H3;1,3H3. The molecule has 0 atom stereocenters. The van der Waals surface area contributed by atoms with E-state index in [0.29, 0.717) is 12.2 Å². The number of carbonyl (C=O) groups is 1. The van der Waals surface area contributed by atoms with Gasteiger partial charge in [0.1, 0.15) is 10.5 Å². The first-order valence-corrected chi connectivity index (χ1v) is 6.80. The minimum Gasteiger partial charge on any atom is -0.462 e. The lowest BCUT2D eigenvalue weighted by Gasteiger charge is -2.17.